The highest BCUT2D eigenvalue weighted by molar-refractivity contribution is 6.63. The van der Waals surface area contributed by atoms with E-state index in [0.717, 1.165) is 82.8 Å². The normalized spacial score (nSPS) is 14.7. The number of hydrogen-bond donors (Lipinski definition) is 1. The molecular formula is C69H136ClN3O5. The van der Waals surface area contributed by atoms with Crippen LogP contribution in [0.15, 0.2) is 0 Å². The molecule has 2 rings (SSSR count). The van der Waals surface area contributed by atoms with E-state index in [-0.39, 0.29) is 22.0 Å². The number of unbranched alkanes of at least 4 members (excludes halogenated alkanes) is 24. The molecule has 2 aliphatic heterocycles. The van der Waals surface area contributed by atoms with Crippen molar-refractivity contribution in [1.29, 1.82) is 0 Å². The number of nitrogens with one attached hydrogen (secondary N) is 1. The molecule has 464 valence electrons. The fourth-order valence-corrected chi connectivity index (χ4v) is 11.1. The van der Waals surface area contributed by atoms with Crippen LogP contribution >= 0.6 is 11.6 Å². The SMILES string of the molecule is CC(=O)C(C)(C)CCCCCCN1CCCC1.CCCCCCCCC(CCCCCC)C(C)CC.CCCCCCCCC(CCCCCCCC)NC(=O)C(C)(C)CCCCCCOC=O.O=C(Cl)CCN1CCCC1. The minimum Gasteiger partial charge on any atom is -0.468 e. The number of ketones is 1. The molecule has 0 spiro atoms. The smallest absolute Gasteiger partial charge is 0.293 e. The molecule has 1 N–H and O–H groups in total. The van der Waals surface area contributed by atoms with E-state index in [1.165, 1.54) is 232 Å². The third-order valence-corrected chi connectivity index (χ3v) is 17.6. The molecule has 0 aromatic rings. The number of rotatable bonds is 49. The Kier molecular flexibility index (Phi) is 56.4. The largest absolute Gasteiger partial charge is 0.468 e. The quantitative estimate of drug-likeness (QED) is 0.0368. The van der Waals surface area contributed by atoms with Crippen LogP contribution in [0.1, 0.15) is 346 Å². The highest BCUT2D eigenvalue weighted by atomic mass is 35.5. The molecule has 2 aliphatic rings. The first-order valence-electron chi connectivity index (χ1n) is 34.0. The van der Waals surface area contributed by atoms with Crippen LogP contribution in [0.3, 0.4) is 0 Å². The van der Waals surface area contributed by atoms with E-state index < -0.39 is 0 Å². The van der Waals surface area contributed by atoms with Gasteiger partial charge in [-0.1, -0.05) is 268 Å². The lowest BCUT2D eigenvalue weighted by molar-refractivity contribution is -0.131. The Balaban J connectivity index is 0. The monoisotopic (exact) mass is 1120 g/mol. The Labute approximate surface area is 492 Å². The number of ether oxygens (including phenoxy) is 1. The van der Waals surface area contributed by atoms with Gasteiger partial charge in [0.1, 0.15) is 5.78 Å². The number of amides is 1. The van der Waals surface area contributed by atoms with Crippen LogP contribution in [0, 0.1) is 22.7 Å². The maximum absolute atomic E-state index is 13.1. The molecule has 0 saturated carbocycles. The molecule has 2 atom stereocenters. The van der Waals surface area contributed by atoms with Gasteiger partial charge >= 0.3 is 0 Å². The maximum atomic E-state index is 13.1. The molecule has 2 heterocycles. The Hall–Kier alpha value is -1.51. The average Bonchev–Trinajstić information content (AvgIpc) is 4.16. The minimum atomic E-state index is -0.320. The molecule has 2 fully saturated rings. The van der Waals surface area contributed by atoms with Crippen molar-refractivity contribution >= 4 is 35.0 Å². The molecule has 1 amide bonds. The van der Waals surface area contributed by atoms with Crippen LogP contribution in [0.2, 0.25) is 0 Å². The lowest BCUT2D eigenvalue weighted by Crippen LogP contribution is -2.43. The van der Waals surface area contributed by atoms with Crippen molar-refractivity contribution in [3.63, 3.8) is 0 Å². The highest BCUT2D eigenvalue weighted by Crippen LogP contribution is 2.29. The highest BCUT2D eigenvalue weighted by Gasteiger charge is 2.29. The molecule has 78 heavy (non-hydrogen) atoms. The lowest BCUT2D eigenvalue weighted by Gasteiger charge is -2.28. The van der Waals surface area contributed by atoms with E-state index in [4.69, 9.17) is 16.3 Å². The second-order valence-corrected chi connectivity index (χ2v) is 26.1. The molecular weight excluding hydrogens is 986 g/mol. The molecule has 0 aliphatic carbocycles. The summed E-state index contributed by atoms with van der Waals surface area (Å²) in [7, 11) is 0. The summed E-state index contributed by atoms with van der Waals surface area (Å²) in [5.74, 6) is 2.50. The first kappa shape index (κ1) is 78.6. The third kappa shape index (κ3) is 50.2. The topological polar surface area (TPSA) is 96.0 Å². The van der Waals surface area contributed by atoms with E-state index >= 15 is 0 Å². The number of carbonyl (C=O) groups excluding carboxylic acids is 4. The molecule has 2 unspecified atom stereocenters. The standard InChI is InChI=1S/C28H55NO3.C19H40.C15H29NO.C7H12ClNO/c1-5-7-9-11-13-17-21-26(22-18-14-12-10-8-6-2)29-27(31)28(3,4)23-19-15-16-20-24-32-25-30;1-5-8-10-12-13-15-17-19(18(4)7-3)16-14-11-9-6-2;1-14(17)15(2,3)10-6-4-5-7-11-16-12-8-9-13-16;8-7(10)3-6-9-4-1-2-5-9/h25-26H,5-24H2,1-4H3,(H,29,31);18-19H,5-17H2,1-4H3;4-13H2,1-3H3;1-6H2. The zero-order chi connectivity index (χ0) is 58.4. The van der Waals surface area contributed by atoms with Crippen LogP contribution in [0.4, 0.5) is 0 Å². The number of hydrogen-bond acceptors (Lipinski definition) is 7. The van der Waals surface area contributed by atoms with Gasteiger partial charge in [-0.2, -0.15) is 0 Å². The van der Waals surface area contributed by atoms with Crippen molar-refractivity contribution in [3.8, 4) is 0 Å². The lowest BCUT2D eigenvalue weighted by atomic mass is 9.83. The van der Waals surface area contributed by atoms with Crippen LogP contribution in [-0.4, -0.2) is 85.1 Å². The second kappa shape index (κ2) is 56.0. The molecule has 0 aromatic carbocycles. The van der Waals surface area contributed by atoms with Crippen molar-refractivity contribution in [2.45, 2.75) is 352 Å². The van der Waals surface area contributed by atoms with E-state index in [9.17, 15) is 19.2 Å². The van der Waals surface area contributed by atoms with E-state index in [0.29, 0.717) is 31.3 Å². The first-order valence-corrected chi connectivity index (χ1v) is 34.4. The molecule has 0 bridgehead atoms. The number of Topliss-reactive ketones (excluding diaryl/α,β-unsaturated/α-hetero) is 1. The number of nitrogens with zero attached hydrogens (tertiary/aromatic N) is 2. The summed E-state index contributed by atoms with van der Waals surface area (Å²) in [6.45, 7) is 32.1. The molecule has 0 radical (unpaired) electrons. The van der Waals surface area contributed by atoms with Crippen molar-refractivity contribution < 1.29 is 23.9 Å². The summed E-state index contributed by atoms with van der Waals surface area (Å²) >= 11 is 5.19. The summed E-state index contributed by atoms with van der Waals surface area (Å²) in [5.41, 5.74) is -0.422. The van der Waals surface area contributed by atoms with Crippen LogP contribution in [0.5, 0.6) is 0 Å². The van der Waals surface area contributed by atoms with Gasteiger partial charge in [0, 0.05) is 29.8 Å². The van der Waals surface area contributed by atoms with Crippen molar-refractivity contribution in [1.82, 2.24) is 15.1 Å². The molecule has 0 aromatic heterocycles. The molecule has 2 saturated heterocycles. The summed E-state index contributed by atoms with van der Waals surface area (Å²) in [6, 6.07) is 0.333. The number of carbonyl (C=O) groups is 4. The van der Waals surface area contributed by atoms with Gasteiger partial charge in [-0.15, -0.1) is 0 Å². The third-order valence-electron chi connectivity index (χ3n) is 17.5. The van der Waals surface area contributed by atoms with Crippen LogP contribution in [-0.2, 0) is 23.9 Å². The second-order valence-electron chi connectivity index (χ2n) is 25.7. The summed E-state index contributed by atoms with van der Waals surface area (Å²) < 4.78 is 4.74. The van der Waals surface area contributed by atoms with Gasteiger partial charge in [0.15, 0.2) is 0 Å². The Morgan fingerprint density at radius 2 is 0.885 bits per heavy atom. The fourth-order valence-electron chi connectivity index (χ4n) is 11.0. The Bertz CT molecular complexity index is 1320. The maximum Gasteiger partial charge on any atom is 0.293 e. The predicted octanol–water partition coefficient (Wildman–Crippen LogP) is 20.4. The van der Waals surface area contributed by atoms with E-state index in [1.54, 1.807) is 6.92 Å². The van der Waals surface area contributed by atoms with Gasteiger partial charge in [-0.3, -0.25) is 19.2 Å². The minimum absolute atomic E-state index is 0.102. The van der Waals surface area contributed by atoms with Crippen molar-refractivity contribution in [3.05, 3.63) is 0 Å². The van der Waals surface area contributed by atoms with Gasteiger partial charge in [0.25, 0.3) is 6.47 Å². The van der Waals surface area contributed by atoms with Crippen LogP contribution in [0.25, 0.3) is 0 Å². The molecule has 8 nitrogen and oxygen atoms in total. The summed E-state index contributed by atoms with van der Waals surface area (Å²) in [6.07, 6.45) is 53.7. The van der Waals surface area contributed by atoms with Gasteiger partial charge in [0.2, 0.25) is 11.1 Å². The van der Waals surface area contributed by atoms with Crippen molar-refractivity contribution in [2.75, 3.05) is 45.9 Å². The zero-order valence-electron chi connectivity index (χ0n) is 54.3. The van der Waals surface area contributed by atoms with E-state index in [1.807, 2.05) is 0 Å². The number of likely N-dealkylation sites (tertiary alicyclic amines) is 2. The van der Waals surface area contributed by atoms with Crippen molar-refractivity contribution in [2.24, 2.45) is 22.7 Å². The van der Waals surface area contributed by atoms with Gasteiger partial charge in [-0.25, -0.2) is 0 Å². The Morgan fingerprint density at radius 1 is 0.513 bits per heavy atom. The fraction of sp³-hybridized carbons (Fsp3) is 0.942. The zero-order valence-corrected chi connectivity index (χ0v) is 55.0. The summed E-state index contributed by atoms with van der Waals surface area (Å²) in [5, 5.41) is 3.22. The molecule has 9 heteroatoms. The average molecular weight is 1120 g/mol. The number of halogens is 1. The first-order chi connectivity index (χ1) is 37.5. The Morgan fingerprint density at radius 3 is 1.31 bits per heavy atom. The van der Waals surface area contributed by atoms with Gasteiger partial charge in [-0.05, 0) is 127 Å². The predicted molar refractivity (Wildman–Crippen MR) is 341 cm³/mol. The van der Waals surface area contributed by atoms with Crippen LogP contribution < -0.4 is 5.32 Å². The summed E-state index contributed by atoms with van der Waals surface area (Å²) in [4.78, 5) is 49.8. The van der Waals surface area contributed by atoms with E-state index in [2.05, 4.69) is 84.4 Å². The van der Waals surface area contributed by atoms with Gasteiger partial charge in [0.05, 0.1) is 6.61 Å². The van der Waals surface area contributed by atoms with Gasteiger partial charge < -0.3 is 19.9 Å².